The van der Waals surface area contributed by atoms with Crippen LogP contribution in [-0.4, -0.2) is 30.9 Å². The number of nitrogens with zero attached hydrogens (tertiary/aromatic N) is 1. The van der Waals surface area contributed by atoms with E-state index in [9.17, 15) is 13.2 Å². The molecule has 6 heteroatoms. The lowest BCUT2D eigenvalue weighted by molar-refractivity contribution is -0.275. The van der Waals surface area contributed by atoms with Crippen molar-refractivity contribution in [3.8, 4) is 5.75 Å². The molecule has 20 heavy (non-hydrogen) atoms. The first kappa shape index (κ1) is 15.1. The van der Waals surface area contributed by atoms with E-state index in [1.807, 2.05) is 0 Å². The maximum absolute atomic E-state index is 12.5. The third kappa shape index (κ3) is 3.86. The molecule has 0 aromatic heterocycles. The second-order valence-electron chi connectivity index (χ2n) is 4.93. The van der Waals surface area contributed by atoms with E-state index in [1.165, 1.54) is 12.1 Å². The van der Waals surface area contributed by atoms with Crippen LogP contribution in [0.4, 0.5) is 13.2 Å². The highest BCUT2D eigenvalue weighted by Gasteiger charge is 2.33. The minimum atomic E-state index is -4.68. The minimum Gasteiger partial charge on any atom is -0.405 e. The lowest BCUT2D eigenvalue weighted by Crippen LogP contribution is -2.38. The Hall–Kier alpha value is -1.27. The van der Waals surface area contributed by atoms with E-state index >= 15 is 0 Å². The van der Waals surface area contributed by atoms with Crippen molar-refractivity contribution in [2.45, 2.75) is 31.7 Å². The molecule has 0 unspecified atom stereocenters. The van der Waals surface area contributed by atoms with Crippen LogP contribution in [0.5, 0.6) is 5.75 Å². The molecule has 0 amide bonds. The molecule has 1 aromatic rings. The van der Waals surface area contributed by atoms with Crippen LogP contribution in [0.3, 0.4) is 0 Å². The van der Waals surface area contributed by atoms with Crippen LogP contribution in [-0.2, 0) is 0 Å². The Bertz CT molecular complexity index is 431. The Morgan fingerprint density at radius 3 is 2.40 bits per heavy atom. The molecule has 1 aromatic carbocycles. The van der Waals surface area contributed by atoms with Gasteiger partial charge in [0, 0.05) is 12.1 Å². The van der Waals surface area contributed by atoms with Crippen LogP contribution < -0.4 is 10.5 Å². The van der Waals surface area contributed by atoms with Crippen molar-refractivity contribution in [3.05, 3.63) is 29.8 Å². The van der Waals surface area contributed by atoms with Crippen LogP contribution in [0, 0.1) is 0 Å². The summed E-state index contributed by atoms with van der Waals surface area (Å²) in [5.74, 6) is -0.152. The van der Waals surface area contributed by atoms with Crippen LogP contribution >= 0.6 is 0 Å². The molecule has 0 bridgehead atoms. The van der Waals surface area contributed by atoms with Gasteiger partial charge >= 0.3 is 6.36 Å². The monoisotopic (exact) mass is 288 g/mol. The Kier molecular flexibility index (Phi) is 4.88. The SMILES string of the molecule is NC[C@H](c1ccccc1OC(F)(F)F)N1CCCCC1. The Morgan fingerprint density at radius 2 is 1.80 bits per heavy atom. The van der Waals surface area contributed by atoms with E-state index in [4.69, 9.17) is 5.73 Å². The molecule has 1 fully saturated rings. The smallest absolute Gasteiger partial charge is 0.405 e. The topological polar surface area (TPSA) is 38.5 Å². The molecule has 1 heterocycles. The van der Waals surface area contributed by atoms with Gasteiger partial charge in [0.05, 0.1) is 6.04 Å². The van der Waals surface area contributed by atoms with Gasteiger partial charge in [-0.3, -0.25) is 4.90 Å². The Labute approximate surface area is 116 Å². The lowest BCUT2D eigenvalue weighted by atomic mass is 10.0. The number of hydrogen-bond acceptors (Lipinski definition) is 3. The molecule has 1 aliphatic rings. The number of alkyl halides is 3. The van der Waals surface area contributed by atoms with Gasteiger partial charge < -0.3 is 10.5 Å². The van der Waals surface area contributed by atoms with Gasteiger partial charge in [-0.05, 0) is 32.0 Å². The van der Waals surface area contributed by atoms with E-state index in [0.29, 0.717) is 5.56 Å². The summed E-state index contributed by atoms with van der Waals surface area (Å²) >= 11 is 0. The number of nitrogens with two attached hydrogens (primary N) is 1. The number of hydrogen-bond donors (Lipinski definition) is 1. The first-order valence-electron chi connectivity index (χ1n) is 6.80. The van der Waals surface area contributed by atoms with E-state index in [1.54, 1.807) is 12.1 Å². The molecule has 1 saturated heterocycles. The van der Waals surface area contributed by atoms with Crippen molar-refractivity contribution in [3.63, 3.8) is 0 Å². The van der Waals surface area contributed by atoms with Crippen LogP contribution in [0.2, 0.25) is 0 Å². The van der Waals surface area contributed by atoms with E-state index in [-0.39, 0.29) is 18.3 Å². The van der Waals surface area contributed by atoms with Gasteiger partial charge in [-0.1, -0.05) is 24.6 Å². The number of rotatable bonds is 4. The molecule has 2 N–H and O–H groups in total. The second kappa shape index (κ2) is 6.45. The summed E-state index contributed by atoms with van der Waals surface area (Å²) in [5, 5.41) is 0. The van der Waals surface area contributed by atoms with E-state index in [2.05, 4.69) is 9.64 Å². The van der Waals surface area contributed by atoms with Crippen molar-refractivity contribution >= 4 is 0 Å². The zero-order chi connectivity index (χ0) is 14.6. The third-order valence-electron chi connectivity index (χ3n) is 3.56. The average molecular weight is 288 g/mol. The molecule has 3 nitrogen and oxygen atoms in total. The number of halogens is 3. The number of benzene rings is 1. The predicted octanol–water partition coefficient (Wildman–Crippen LogP) is 3.07. The number of likely N-dealkylation sites (tertiary alicyclic amines) is 1. The van der Waals surface area contributed by atoms with Crippen molar-refractivity contribution in [1.29, 1.82) is 0 Å². The first-order chi connectivity index (χ1) is 9.51. The van der Waals surface area contributed by atoms with Crippen molar-refractivity contribution in [1.82, 2.24) is 4.90 Å². The summed E-state index contributed by atoms with van der Waals surface area (Å²) in [5.41, 5.74) is 6.30. The highest BCUT2D eigenvalue weighted by atomic mass is 19.4. The zero-order valence-corrected chi connectivity index (χ0v) is 11.2. The molecular weight excluding hydrogens is 269 g/mol. The molecule has 1 aliphatic heterocycles. The van der Waals surface area contributed by atoms with Gasteiger partial charge in [-0.15, -0.1) is 13.2 Å². The molecule has 1 atom stereocenters. The summed E-state index contributed by atoms with van der Waals surface area (Å²) in [6, 6.07) is 6.02. The third-order valence-corrected chi connectivity index (χ3v) is 3.56. The molecule has 112 valence electrons. The number of para-hydroxylation sites is 1. The fourth-order valence-corrected chi connectivity index (χ4v) is 2.68. The zero-order valence-electron chi connectivity index (χ0n) is 11.2. The van der Waals surface area contributed by atoms with E-state index in [0.717, 1.165) is 32.4 Å². The molecule has 0 spiro atoms. The van der Waals surface area contributed by atoms with Gasteiger partial charge in [0.25, 0.3) is 0 Å². The molecule has 2 rings (SSSR count). The van der Waals surface area contributed by atoms with Crippen LogP contribution in [0.15, 0.2) is 24.3 Å². The molecular formula is C14H19F3N2O. The lowest BCUT2D eigenvalue weighted by Gasteiger charge is -2.34. The van der Waals surface area contributed by atoms with Crippen molar-refractivity contribution < 1.29 is 17.9 Å². The summed E-state index contributed by atoms with van der Waals surface area (Å²) in [6.45, 7) is 2.00. The minimum absolute atomic E-state index is 0.152. The normalized spacial score (nSPS) is 18.8. The van der Waals surface area contributed by atoms with Crippen molar-refractivity contribution in [2.24, 2.45) is 5.73 Å². The van der Waals surface area contributed by atoms with Gasteiger partial charge in [0.1, 0.15) is 5.75 Å². The first-order valence-corrected chi connectivity index (χ1v) is 6.80. The maximum atomic E-state index is 12.5. The Morgan fingerprint density at radius 1 is 1.15 bits per heavy atom. The summed E-state index contributed by atoms with van der Waals surface area (Å²) < 4.78 is 41.5. The fraction of sp³-hybridized carbons (Fsp3) is 0.571. The van der Waals surface area contributed by atoms with Gasteiger partial charge in [-0.25, -0.2) is 0 Å². The van der Waals surface area contributed by atoms with E-state index < -0.39 is 6.36 Å². The largest absolute Gasteiger partial charge is 0.573 e. The molecule has 0 aliphatic carbocycles. The average Bonchev–Trinajstić information content (AvgIpc) is 2.41. The second-order valence-corrected chi connectivity index (χ2v) is 4.93. The highest BCUT2D eigenvalue weighted by molar-refractivity contribution is 5.36. The van der Waals surface area contributed by atoms with Gasteiger partial charge in [0.15, 0.2) is 0 Å². The maximum Gasteiger partial charge on any atom is 0.573 e. The number of piperidine rings is 1. The Balaban J connectivity index is 2.24. The quantitative estimate of drug-likeness (QED) is 0.925. The predicted molar refractivity (Wildman–Crippen MR) is 70.3 cm³/mol. The summed E-state index contributed by atoms with van der Waals surface area (Å²) in [7, 11) is 0. The molecule has 0 radical (unpaired) electrons. The van der Waals surface area contributed by atoms with Gasteiger partial charge in [0.2, 0.25) is 0 Å². The highest BCUT2D eigenvalue weighted by Crippen LogP contribution is 2.33. The number of ether oxygens (including phenoxy) is 1. The summed E-state index contributed by atoms with van der Waals surface area (Å²) in [6.07, 6.45) is -1.41. The van der Waals surface area contributed by atoms with Crippen LogP contribution in [0.1, 0.15) is 30.9 Å². The molecule has 0 saturated carbocycles. The standard InChI is InChI=1S/C14H19F3N2O/c15-14(16,17)20-13-7-3-2-6-11(13)12(10-18)19-8-4-1-5-9-19/h2-3,6-7,12H,1,4-5,8-10,18H2/t12-/m1/s1. The van der Waals surface area contributed by atoms with Crippen LogP contribution in [0.25, 0.3) is 0 Å². The fourth-order valence-electron chi connectivity index (χ4n) is 2.68. The van der Waals surface area contributed by atoms with Crippen molar-refractivity contribution in [2.75, 3.05) is 19.6 Å². The van der Waals surface area contributed by atoms with Gasteiger partial charge in [-0.2, -0.15) is 0 Å². The summed E-state index contributed by atoms with van der Waals surface area (Å²) in [4.78, 5) is 2.14.